The van der Waals surface area contributed by atoms with Crippen LogP contribution in [-0.2, 0) is 10.8 Å². The first-order valence-corrected chi connectivity index (χ1v) is 5.16. The molecule has 1 heterocycles. The predicted molar refractivity (Wildman–Crippen MR) is 50.6 cm³/mol. The molecule has 0 radical (unpaired) electrons. The highest BCUT2D eigenvalue weighted by Crippen LogP contribution is 2.48. The van der Waals surface area contributed by atoms with Crippen LogP contribution in [0.2, 0.25) is 0 Å². The number of benzene rings is 1. The van der Waals surface area contributed by atoms with E-state index in [9.17, 15) is 22.2 Å². The highest BCUT2D eigenvalue weighted by atomic mass is 32.2. The van der Waals surface area contributed by atoms with Crippen molar-refractivity contribution in [3.63, 3.8) is 0 Å². The molecule has 0 fully saturated rings. The van der Waals surface area contributed by atoms with E-state index in [0.29, 0.717) is 6.29 Å². The van der Waals surface area contributed by atoms with Crippen molar-refractivity contribution in [3.05, 3.63) is 29.3 Å². The summed E-state index contributed by atoms with van der Waals surface area (Å²) >= 11 is 0. The molecule has 0 saturated carbocycles. The number of carbonyl (C=O) groups excluding carboxylic acids is 1. The van der Waals surface area contributed by atoms with E-state index in [1.54, 1.807) is 0 Å². The summed E-state index contributed by atoms with van der Waals surface area (Å²) in [6.45, 7) is 0. The molecule has 2 N–H and O–H groups in total. The molecule has 0 aliphatic carbocycles. The molecule has 7 heteroatoms. The molecule has 1 aromatic rings. The van der Waals surface area contributed by atoms with Gasteiger partial charge in [0.25, 0.3) is 0 Å². The zero-order chi connectivity index (χ0) is 11.2. The number of rotatable bonds is 1. The van der Waals surface area contributed by atoms with Crippen molar-refractivity contribution < 1.29 is 27.7 Å². The van der Waals surface area contributed by atoms with E-state index >= 15 is 0 Å². The number of aldehydes is 1. The van der Waals surface area contributed by atoms with Crippen LogP contribution >= 0.6 is 0 Å². The Kier molecular flexibility index (Phi) is 3.20. The van der Waals surface area contributed by atoms with Gasteiger partial charge in [-0.05, 0) is 12.1 Å². The van der Waals surface area contributed by atoms with Gasteiger partial charge in [-0.2, -0.15) is 8.78 Å². The van der Waals surface area contributed by atoms with Crippen molar-refractivity contribution in [2.24, 2.45) is 0 Å². The van der Waals surface area contributed by atoms with Gasteiger partial charge in [-0.15, -0.1) is 0 Å². The lowest BCUT2D eigenvalue weighted by molar-refractivity contribution is 0.0143. The van der Waals surface area contributed by atoms with Crippen molar-refractivity contribution in [1.29, 1.82) is 0 Å². The number of halogens is 3. The second-order valence-electron chi connectivity index (χ2n) is 3.11. The van der Waals surface area contributed by atoms with Gasteiger partial charge in [0.05, 0.1) is 4.90 Å². The summed E-state index contributed by atoms with van der Waals surface area (Å²) in [5, 5.41) is -3.90. The van der Waals surface area contributed by atoms with Crippen LogP contribution in [-0.4, -0.2) is 21.2 Å². The lowest BCUT2D eigenvalue weighted by Crippen LogP contribution is -2.21. The smallest absolute Gasteiger partial charge is 0.360 e. The molecule has 3 nitrogen and oxygen atoms in total. The van der Waals surface area contributed by atoms with Gasteiger partial charge in [0.15, 0.2) is 0 Å². The minimum absolute atomic E-state index is 0. The quantitative estimate of drug-likeness (QED) is 0.709. The summed E-state index contributed by atoms with van der Waals surface area (Å²) in [5.41, 5.74) is -0.269. The van der Waals surface area contributed by atoms with Crippen LogP contribution in [0.5, 0.6) is 0 Å². The van der Waals surface area contributed by atoms with E-state index in [1.165, 1.54) is 6.07 Å². The maximum absolute atomic E-state index is 13.2. The van der Waals surface area contributed by atoms with Crippen LogP contribution in [0.25, 0.3) is 0 Å². The first-order chi connectivity index (χ1) is 6.98. The van der Waals surface area contributed by atoms with Crippen molar-refractivity contribution in [2.75, 3.05) is 0 Å². The molecule has 1 aliphatic heterocycles. The third kappa shape index (κ3) is 1.56. The molecule has 0 amide bonds. The molecule has 1 aliphatic rings. The Hall–Kier alpha value is -1.21. The number of alkyl halides is 3. The third-order valence-electron chi connectivity index (χ3n) is 2.18. The summed E-state index contributed by atoms with van der Waals surface area (Å²) in [6.07, 6.45) is -2.18. The monoisotopic (exact) mass is 252 g/mol. The van der Waals surface area contributed by atoms with E-state index in [-0.39, 0.29) is 21.5 Å². The van der Waals surface area contributed by atoms with Gasteiger partial charge in [0.1, 0.15) is 17.1 Å². The minimum atomic E-state index is -3.90. The molecule has 88 valence electrons. The molecule has 0 spiro atoms. The zero-order valence-corrected chi connectivity index (χ0v) is 8.56. The van der Waals surface area contributed by atoms with Gasteiger partial charge in [-0.1, -0.05) is 6.07 Å². The van der Waals surface area contributed by atoms with E-state index in [1.807, 2.05) is 0 Å². The molecule has 2 atom stereocenters. The Balaban J connectivity index is 0.00000128. The van der Waals surface area contributed by atoms with Gasteiger partial charge in [-0.25, -0.2) is 8.60 Å². The Morgan fingerprint density at radius 3 is 2.56 bits per heavy atom. The van der Waals surface area contributed by atoms with E-state index < -0.39 is 22.2 Å². The average Bonchev–Trinajstić information content (AvgIpc) is 2.40. The largest absolute Gasteiger partial charge is 0.412 e. The van der Waals surface area contributed by atoms with Gasteiger partial charge in [0.2, 0.25) is 6.17 Å². The molecule has 0 saturated heterocycles. The average molecular weight is 252 g/mol. The summed E-state index contributed by atoms with van der Waals surface area (Å²) < 4.78 is 50.4. The summed E-state index contributed by atoms with van der Waals surface area (Å²) in [6, 6.07) is 3.34. The van der Waals surface area contributed by atoms with E-state index in [2.05, 4.69) is 0 Å². The van der Waals surface area contributed by atoms with E-state index in [0.717, 1.165) is 12.1 Å². The Labute approximate surface area is 91.0 Å². The summed E-state index contributed by atoms with van der Waals surface area (Å²) in [7, 11) is -2.67. The Bertz CT molecular complexity index is 461. The van der Waals surface area contributed by atoms with Crippen LogP contribution in [0.15, 0.2) is 23.1 Å². The molecular weight excluding hydrogens is 245 g/mol. The van der Waals surface area contributed by atoms with Crippen molar-refractivity contribution in [3.8, 4) is 0 Å². The molecule has 1 aromatic carbocycles. The van der Waals surface area contributed by atoms with Crippen molar-refractivity contribution in [2.45, 2.75) is 16.3 Å². The lowest BCUT2D eigenvalue weighted by Gasteiger charge is -2.09. The first-order valence-electron chi connectivity index (χ1n) is 4.01. The number of fused-ring (bicyclic) bond motifs is 1. The lowest BCUT2D eigenvalue weighted by atomic mass is 10.1. The predicted octanol–water partition coefficient (Wildman–Crippen LogP) is 1.40. The van der Waals surface area contributed by atoms with Gasteiger partial charge >= 0.3 is 5.25 Å². The Morgan fingerprint density at radius 1 is 1.38 bits per heavy atom. The van der Waals surface area contributed by atoms with Crippen LogP contribution in [0.3, 0.4) is 0 Å². The molecule has 2 rings (SSSR count). The van der Waals surface area contributed by atoms with Crippen LogP contribution in [0.1, 0.15) is 22.1 Å². The summed E-state index contributed by atoms with van der Waals surface area (Å²) in [5.74, 6) is 0. The fourth-order valence-electron chi connectivity index (χ4n) is 1.43. The van der Waals surface area contributed by atoms with Crippen molar-refractivity contribution in [1.82, 2.24) is 0 Å². The van der Waals surface area contributed by atoms with Gasteiger partial charge in [0, 0.05) is 11.1 Å². The van der Waals surface area contributed by atoms with E-state index in [4.69, 9.17) is 0 Å². The zero-order valence-electron chi connectivity index (χ0n) is 7.75. The molecule has 0 bridgehead atoms. The third-order valence-corrected chi connectivity index (χ3v) is 3.66. The van der Waals surface area contributed by atoms with Crippen LogP contribution in [0.4, 0.5) is 13.2 Å². The standard InChI is InChI=1S/C9H5F3O2S.H2O/c10-8-6-3-5(4-13)1-2-7(6)15(14)9(8,11)12;/h1-4,8H;1H2. The SMILES string of the molecule is O.O=Cc1ccc2c(c1)C(F)C(F)(F)S2=O. The summed E-state index contributed by atoms with van der Waals surface area (Å²) in [4.78, 5) is 10.1. The molecule has 0 aromatic heterocycles. The molecule has 16 heavy (non-hydrogen) atoms. The maximum atomic E-state index is 13.2. The first kappa shape index (κ1) is 12.9. The normalized spacial score (nSPS) is 25.7. The van der Waals surface area contributed by atoms with Gasteiger partial charge in [-0.3, -0.25) is 4.79 Å². The minimum Gasteiger partial charge on any atom is -0.412 e. The Morgan fingerprint density at radius 2 is 2.00 bits per heavy atom. The second kappa shape index (κ2) is 3.99. The highest BCUT2D eigenvalue weighted by molar-refractivity contribution is 7.86. The molecule has 2 unspecified atom stereocenters. The van der Waals surface area contributed by atoms with Gasteiger partial charge < -0.3 is 5.48 Å². The molecular formula is C9H7F3O3S. The maximum Gasteiger partial charge on any atom is 0.360 e. The number of carbonyl (C=O) groups is 1. The number of hydrogen-bond acceptors (Lipinski definition) is 2. The van der Waals surface area contributed by atoms with Crippen LogP contribution < -0.4 is 0 Å². The van der Waals surface area contributed by atoms with Crippen molar-refractivity contribution >= 4 is 17.1 Å². The highest BCUT2D eigenvalue weighted by Gasteiger charge is 2.55. The topological polar surface area (TPSA) is 65.6 Å². The second-order valence-corrected chi connectivity index (χ2v) is 4.63. The number of hydrogen-bond donors (Lipinski definition) is 0. The fourth-order valence-corrected chi connectivity index (χ4v) is 2.60. The fraction of sp³-hybridized carbons (Fsp3) is 0.222. The van der Waals surface area contributed by atoms with Crippen LogP contribution in [0, 0.1) is 0 Å².